The molecule has 0 spiro atoms. The van der Waals surface area contributed by atoms with Gasteiger partial charge in [0.25, 0.3) is 10.0 Å². The Balaban J connectivity index is 1.57. The predicted octanol–water partition coefficient (Wildman–Crippen LogP) is 3.67. The monoisotopic (exact) mass is 464 g/mol. The summed E-state index contributed by atoms with van der Waals surface area (Å²) in [6.45, 7) is 6.75. The van der Waals surface area contributed by atoms with Crippen LogP contribution in [0.3, 0.4) is 0 Å². The predicted molar refractivity (Wildman–Crippen MR) is 124 cm³/mol. The average molecular weight is 465 g/mol. The number of nitrogens with zero attached hydrogens (tertiary/aromatic N) is 2. The Morgan fingerprint density at radius 1 is 1.13 bits per heavy atom. The van der Waals surface area contributed by atoms with Gasteiger partial charge in [0.1, 0.15) is 4.21 Å². The molecule has 0 aliphatic carbocycles. The van der Waals surface area contributed by atoms with Crippen molar-refractivity contribution < 1.29 is 18.3 Å². The van der Waals surface area contributed by atoms with E-state index in [1.54, 1.807) is 30.3 Å². The minimum atomic E-state index is -3.46. The van der Waals surface area contributed by atoms with Crippen molar-refractivity contribution in [3.8, 4) is 0 Å². The quantitative estimate of drug-likeness (QED) is 0.706. The van der Waals surface area contributed by atoms with Crippen LogP contribution in [0.5, 0.6) is 0 Å². The zero-order chi connectivity index (χ0) is 22.1. The molecule has 31 heavy (non-hydrogen) atoms. The molecule has 8 heteroatoms. The molecule has 0 saturated carbocycles. The summed E-state index contributed by atoms with van der Waals surface area (Å²) >= 11 is 1.28. The van der Waals surface area contributed by atoms with Crippen LogP contribution in [0.2, 0.25) is 0 Å². The Morgan fingerprint density at radius 2 is 1.84 bits per heavy atom. The lowest BCUT2D eigenvalue weighted by atomic mass is 9.90. The maximum atomic E-state index is 13.2. The molecule has 1 N–H and O–H groups in total. The standard InChI is InChI=1S/C23H32N2O4S2/c1-23(2,26)19-5-7-20(8-6-19)25-12-11-24(31(27,28)22-4-3-15-30-22)17-21(25)16-18-9-13-29-14-10-18/h3-8,15,18,21,26H,9-14,16-17H2,1-2H3. The van der Waals surface area contributed by atoms with E-state index >= 15 is 0 Å². The first kappa shape index (κ1) is 22.7. The lowest BCUT2D eigenvalue weighted by Crippen LogP contribution is -2.55. The molecule has 1 unspecified atom stereocenters. The van der Waals surface area contributed by atoms with Crippen molar-refractivity contribution >= 4 is 27.0 Å². The van der Waals surface area contributed by atoms with E-state index in [0.29, 0.717) is 29.8 Å². The summed E-state index contributed by atoms with van der Waals surface area (Å²) in [7, 11) is -3.46. The number of benzene rings is 1. The fourth-order valence-electron chi connectivity index (χ4n) is 4.55. The Hall–Kier alpha value is -1.45. The van der Waals surface area contributed by atoms with E-state index in [0.717, 1.165) is 43.7 Å². The minimum absolute atomic E-state index is 0.111. The third kappa shape index (κ3) is 5.14. The van der Waals surface area contributed by atoms with Gasteiger partial charge in [-0.25, -0.2) is 8.42 Å². The van der Waals surface area contributed by atoms with E-state index in [2.05, 4.69) is 4.90 Å². The van der Waals surface area contributed by atoms with Crippen molar-refractivity contribution in [1.29, 1.82) is 0 Å². The summed E-state index contributed by atoms with van der Waals surface area (Å²) in [5.74, 6) is 0.543. The lowest BCUT2D eigenvalue weighted by Gasteiger charge is -2.43. The van der Waals surface area contributed by atoms with Crippen LogP contribution in [-0.2, 0) is 20.4 Å². The molecule has 2 fully saturated rings. The van der Waals surface area contributed by atoms with Crippen molar-refractivity contribution in [2.45, 2.75) is 49.0 Å². The molecule has 1 aromatic heterocycles. The Labute approximate surface area is 189 Å². The fourth-order valence-corrected chi connectivity index (χ4v) is 7.16. The number of hydrogen-bond donors (Lipinski definition) is 1. The number of ether oxygens (including phenoxy) is 1. The normalized spacial score (nSPS) is 22.0. The number of rotatable bonds is 6. The maximum Gasteiger partial charge on any atom is 0.252 e. The number of hydrogen-bond acceptors (Lipinski definition) is 6. The minimum Gasteiger partial charge on any atom is -0.386 e. The Morgan fingerprint density at radius 3 is 2.45 bits per heavy atom. The zero-order valence-corrected chi connectivity index (χ0v) is 19.9. The van der Waals surface area contributed by atoms with Crippen LogP contribution >= 0.6 is 11.3 Å². The summed E-state index contributed by atoms with van der Waals surface area (Å²) < 4.78 is 33.9. The van der Waals surface area contributed by atoms with Gasteiger partial charge in [0.05, 0.1) is 5.60 Å². The largest absolute Gasteiger partial charge is 0.386 e. The molecule has 6 nitrogen and oxygen atoms in total. The second kappa shape index (κ2) is 9.19. The van der Waals surface area contributed by atoms with E-state index in [1.807, 2.05) is 29.6 Å². The lowest BCUT2D eigenvalue weighted by molar-refractivity contribution is 0.0601. The van der Waals surface area contributed by atoms with Crippen LogP contribution in [0.1, 0.15) is 38.7 Å². The van der Waals surface area contributed by atoms with Gasteiger partial charge < -0.3 is 14.7 Å². The Bertz CT molecular complexity index is 946. The topological polar surface area (TPSA) is 70.1 Å². The van der Waals surface area contributed by atoms with E-state index in [9.17, 15) is 13.5 Å². The van der Waals surface area contributed by atoms with Gasteiger partial charge in [0.15, 0.2) is 0 Å². The molecule has 0 radical (unpaired) electrons. The highest BCUT2D eigenvalue weighted by molar-refractivity contribution is 7.91. The summed E-state index contributed by atoms with van der Waals surface area (Å²) in [4.78, 5) is 2.35. The molecule has 0 amide bonds. The molecule has 2 saturated heterocycles. The molecule has 1 aromatic carbocycles. The number of aliphatic hydroxyl groups is 1. The number of anilines is 1. The molecular formula is C23H32N2O4S2. The van der Waals surface area contributed by atoms with Gasteiger partial charge in [0.2, 0.25) is 0 Å². The maximum absolute atomic E-state index is 13.2. The van der Waals surface area contributed by atoms with E-state index in [1.165, 1.54) is 11.3 Å². The summed E-state index contributed by atoms with van der Waals surface area (Å²) in [5.41, 5.74) is 1.07. The van der Waals surface area contributed by atoms with Crippen LogP contribution in [0.4, 0.5) is 5.69 Å². The van der Waals surface area contributed by atoms with Gasteiger partial charge in [-0.2, -0.15) is 4.31 Å². The van der Waals surface area contributed by atoms with Crippen molar-refractivity contribution in [1.82, 2.24) is 4.31 Å². The molecule has 2 aliphatic heterocycles. The van der Waals surface area contributed by atoms with Crippen LogP contribution in [0, 0.1) is 5.92 Å². The van der Waals surface area contributed by atoms with Crippen LogP contribution < -0.4 is 4.90 Å². The molecule has 3 heterocycles. The summed E-state index contributed by atoms with van der Waals surface area (Å²) in [6, 6.07) is 11.6. The van der Waals surface area contributed by atoms with Crippen molar-refractivity contribution in [2.24, 2.45) is 5.92 Å². The number of piperazine rings is 1. The highest BCUT2D eigenvalue weighted by Gasteiger charge is 2.36. The second-order valence-electron chi connectivity index (χ2n) is 9.04. The summed E-state index contributed by atoms with van der Waals surface area (Å²) in [5, 5.41) is 12.1. The van der Waals surface area contributed by atoms with Crippen LogP contribution in [0.15, 0.2) is 46.0 Å². The SMILES string of the molecule is CC(C)(O)c1ccc(N2CCN(S(=O)(=O)c3cccs3)CC2CC2CCOCC2)cc1. The van der Waals surface area contributed by atoms with E-state index < -0.39 is 15.6 Å². The van der Waals surface area contributed by atoms with Crippen molar-refractivity contribution in [3.63, 3.8) is 0 Å². The van der Waals surface area contributed by atoms with E-state index in [4.69, 9.17) is 4.74 Å². The van der Waals surface area contributed by atoms with Crippen LogP contribution in [-0.4, -0.2) is 56.7 Å². The highest BCUT2D eigenvalue weighted by Crippen LogP contribution is 2.32. The highest BCUT2D eigenvalue weighted by atomic mass is 32.2. The number of thiophene rings is 1. The molecular weight excluding hydrogens is 432 g/mol. The number of sulfonamides is 1. The average Bonchev–Trinajstić information content (AvgIpc) is 3.30. The second-order valence-corrected chi connectivity index (χ2v) is 12.2. The van der Waals surface area contributed by atoms with E-state index in [-0.39, 0.29) is 6.04 Å². The third-order valence-corrected chi connectivity index (χ3v) is 9.62. The van der Waals surface area contributed by atoms with Gasteiger partial charge in [0, 0.05) is 44.6 Å². The van der Waals surface area contributed by atoms with Crippen LogP contribution in [0.25, 0.3) is 0 Å². The van der Waals surface area contributed by atoms with Gasteiger partial charge in [-0.15, -0.1) is 11.3 Å². The smallest absolute Gasteiger partial charge is 0.252 e. The molecule has 2 aliphatic rings. The van der Waals surface area contributed by atoms with Gasteiger partial charge >= 0.3 is 0 Å². The first-order chi connectivity index (χ1) is 14.7. The molecule has 2 aromatic rings. The van der Waals surface area contributed by atoms with Crippen molar-refractivity contribution in [2.75, 3.05) is 37.7 Å². The third-order valence-electron chi connectivity index (χ3n) is 6.39. The first-order valence-electron chi connectivity index (χ1n) is 11.0. The molecule has 4 rings (SSSR count). The van der Waals surface area contributed by atoms with Gasteiger partial charge in [-0.3, -0.25) is 0 Å². The zero-order valence-electron chi connectivity index (χ0n) is 18.2. The van der Waals surface area contributed by atoms with Gasteiger partial charge in [-0.05, 0) is 68.2 Å². The molecule has 1 atom stereocenters. The van der Waals surface area contributed by atoms with Gasteiger partial charge in [-0.1, -0.05) is 18.2 Å². The summed E-state index contributed by atoms with van der Waals surface area (Å²) in [6.07, 6.45) is 3.01. The molecule has 170 valence electrons. The fraction of sp³-hybridized carbons (Fsp3) is 0.565. The molecule has 0 bridgehead atoms. The first-order valence-corrected chi connectivity index (χ1v) is 13.3. The Kier molecular flexibility index (Phi) is 6.74. The van der Waals surface area contributed by atoms with Crippen molar-refractivity contribution in [3.05, 3.63) is 47.3 Å².